The van der Waals surface area contributed by atoms with Crippen LogP contribution in [0.15, 0.2) is 6.20 Å². The van der Waals surface area contributed by atoms with Gasteiger partial charge in [-0.1, -0.05) is 0 Å². The molecule has 1 aliphatic heterocycles. The Morgan fingerprint density at radius 3 is 2.75 bits per heavy atom. The van der Waals surface area contributed by atoms with E-state index in [2.05, 4.69) is 15.3 Å². The summed E-state index contributed by atoms with van der Waals surface area (Å²) >= 11 is 0. The number of hydrogen-bond donors (Lipinski definition) is 2. The van der Waals surface area contributed by atoms with Gasteiger partial charge in [0.25, 0.3) is 0 Å². The van der Waals surface area contributed by atoms with Crippen molar-refractivity contribution in [3.8, 4) is 0 Å². The third kappa shape index (κ3) is 2.90. The molecule has 1 aliphatic rings. The number of aliphatic hydroxyl groups is 1. The van der Waals surface area contributed by atoms with Crippen molar-refractivity contribution in [2.24, 2.45) is 0 Å². The molecule has 0 spiro atoms. The van der Waals surface area contributed by atoms with Gasteiger partial charge in [0, 0.05) is 17.7 Å². The van der Waals surface area contributed by atoms with E-state index in [1.165, 1.54) is 0 Å². The first-order chi connectivity index (χ1) is 7.31. The summed E-state index contributed by atoms with van der Waals surface area (Å²) < 4.78 is 0. The third-order valence-electron chi connectivity index (χ3n) is 2.91. The summed E-state index contributed by atoms with van der Waals surface area (Å²) in [4.78, 5) is 8.59. The summed E-state index contributed by atoms with van der Waals surface area (Å²) in [7, 11) is 0. The van der Waals surface area contributed by atoms with Crippen LogP contribution in [0.4, 0.5) is 0 Å². The Kier molecular flexibility index (Phi) is 5.12. The average molecular weight is 244 g/mol. The van der Waals surface area contributed by atoms with Crippen LogP contribution in [0.2, 0.25) is 0 Å². The van der Waals surface area contributed by atoms with Crippen molar-refractivity contribution in [3.05, 3.63) is 23.3 Å². The van der Waals surface area contributed by atoms with Gasteiger partial charge in [-0.3, -0.25) is 0 Å². The second-order valence-electron chi connectivity index (χ2n) is 4.01. The van der Waals surface area contributed by atoms with Gasteiger partial charge in [0.05, 0.1) is 12.3 Å². The standard InChI is InChI=1S/C11H17N3O.ClH/c1-8-13-6-10(7-15)11(14-8)9-2-4-12-5-3-9;/h6,9,12,15H,2-5,7H2,1H3;1H. The number of halogens is 1. The molecule has 0 aliphatic carbocycles. The first kappa shape index (κ1) is 13.4. The minimum absolute atomic E-state index is 0. The van der Waals surface area contributed by atoms with Gasteiger partial charge in [-0.15, -0.1) is 12.4 Å². The summed E-state index contributed by atoms with van der Waals surface area (Å²) in [5.74, 6) is 1.27. The van der Waals surface area contributed by atoms with Crippen molar-refractivity contribution < 1.29 is 5.11 Å². The predicted octanol–water partition coefficient (Wildman–Crippen LogP) is 1.17. The van der Waals surface area contributed by atoms with Crippen LogP contribution in [-0.4, -0.2) is 28.2 Å². The van der Waals surface area contributed by atoms with E-state index in [9.17, 15) is 5.11 Å². The number of aliphatic hydroxyl groups excluding tert-OH is 1. The third-order valence-corrected chi connectivity index (χ3v) is 2.91. The molecule has 4 nitrogen and oxygen atoms in total. The minimum Gasteiger partial charge on any atom is -0.392 e. The molecular weight excluding hydrogens is 226 g/mol. The highest BCUT2D eigenvalue weighted by Crippen LogP contribution is 2.26. The number of hydrogen-bond acceptors (Lipinski definition) is 4. The van der Waals surface area contributed by atoms with Crippen LogP contribution < -0.4 is 5.32 Å². The number of aromatic nitrogens is 2. The molecule has 5 heteroatoms. The van der Waals surface area contributed by atoms with Crippen molar-refractivity contribution in [2.45, 2.75) is 32.3 Å². The summed E-state index contributed by atoms with van der Waals surface area (Å²) in [6, 6.07) is 0. The van der Waals surface area contributed by atoms with Crippen LogP contribution in [0.3, 0.4) is 0 Å². The minimum atomic E-state index is 0. The largest absolute Gasteiger partial charge is 0.392 e. The molecule has 0 bridgehead atoms. The van der Waals surface area contributed by atoms with E-state index in [1.54, 1.807) is 6.20 Å². The lowest BCUT2D eigenvalue weighted by atomic mass is 9.92. The van der Waals surface area contributed by atoms with Gasteiger partial charge >= 0.3 is 0 Å². The van der Waals surface area contributed by atoms with E-state index < -0.39 is 0 Å². The highest BCUT2D eigenvalue weighted by Gasteiger charge is 2.19. The normalized spacial score (nSPS) is 16.9. The molecule has 16 heavy (non-hydrogen) atoms. The Hall–Kier alpha value is -0.710. The Labute approximate surface area is 102 Å². The van der Waals surface area contributed by atoms with E-state index in [0.717, 1.165) is 43.0 Å². The number of aryl methyl sites for hydroxylation is 1. The number of nitrogens with one attached hydrogen (secondary N) is 1. The summed E-state index contributed by atoms with van der Waals surface area (Å²) in [5.41, 5.74) is 1.93. The maximum atomic E-state index is 9.24. The maximum Gasteiger partial charge on any atom is 0.125 e. The lowest BCUT2D eigenvalue weighted by Crippen LogP contribution is -2.27. The molecule has 0 radical (unpaired) electrons. The van der Waals surface area contributed by atoms with Crippen molar-refractivity contribution in [3.63, 3.8) is 0 Å². The zero-order valence-corrected chi connectivity index (χ0v) is 10.3. The van der Waals surface area contributed by atoms with Crippen LogP contribution in [0.5, 0.6) is 0 Å². The lowest BCUT2D eigenvalue weighted by Gasteiger charge is -2.23. The highest BCUT2D eigenvalue weighted by molar-refractivity contribution is 5.85. The Morgan fingerprint density at radius 1 is 1.44 bits per heavy atom. The maximum absolute atomic E-state index is 9.24. The van der Waals surface area contributed by atoms with Crippen LogP contribution in [0, 0.1) is 6.92 Å². The van der Waals surface area contributed by atoms with Crippen molar-refractivity contribution in [1.29, 1.82) is 0 Å². The number of piperidine rings is 1. The quantitative estimate of drug-likeness (QED) is 0.819. The molecular formula is C11H18ClN3O. The zero-order valence-electron chi connectivity index (χ0n) is 9.44. The predicted molar refractivity (Wildman–Crippen MR) is 64.8 cm³/mol. The fourth-order valence-corrected chi connectivity index (χ4v) is 2.08. The molecule has 1 fully saturated rings. The van der Waals surface area contributed by atoms with E-state index in [1.807, 2.05) is 6.92 Å². The molecule has 1 aromatic rings. The van der Waals surface area contributed by atoms with Crippen LogP contribution in [-0.2, 0) is 6.61 Å². The fourth-order valence-electron chi connectivity index (χ4n) is 2.08. The summed E-state index contributed by atoms with van der Waals surface area (Å²) in [5, 5.41) is 12.6. The summed E-state index contributed by atoms with van der Waals surface area (Å²) in [6.45, 7) is 4.02. The fraction of sp³-hybridized carbons (Fsp3) is 0.636. The topological polar surface area (TPSA) is 58.0 Å². The second kappa shape index (κ2) is 6.13. The Balaban J connectivity index is 0.00000128. The highest BCUT2D eigenvalue weighted by atomic mass is 35.5. The molecule has 0 atom stereocenters. The van der Waals surface area contributed by atoms with Crippen LogP contribution in [0.25, 0.3) is 0 Å². The van der Waals surface area contributed by atoms with E-state index in [4.69, 9.17) is 0 Å². The first-order valence-electron chi connectivity index (χ1n) is 5.45. The van der Waals surface area contributed by atoms with Crippen molar-refractivity contribution >= 4 is 12.4 Å². The molecule has 1 saturated heterocycles. The molecule has 1 aromatic heterocycles. The van der Waals surface area contributed by atoms with Gasteiger partial charge in [-0.25, -0.2) is 9.97 Å². The Bertz CT molecular complexity index is 340. The molecule has 2 N–H and O–H groups in total. The Morgan fingerprint density at radius 2 is 2.12 bits per heavy atom. The van der Waals surface area contributed by atoms with Gasteiger partial charge in [-0.05, 0) is 32.9 Å². The smallest absolute Gasteiger partial charge is 0.125 e. The van der Waals surface area contributed by atoms with Gasteiger partial charge in [-0.2, -0.15) is 0 Å². The van der Waals surface area contributed by atoms with Crippen molar-refractivity contribution in [2.75, 3.05) is 13.1 Å². The molecule has 0 aromatic carbocycles. The molecule has 2 heterocycles. The van der Waals surface area contributed by atoms with E-state index >= 15 is 0 Å². The zero-order chi connectivity index (χ0) is 10.7. The van der Waals surface area contributed by atoms with Gasteiger partial charge in [0.2, 0.25) is 0 Å². The van der Waals surface area contributed by atoms with Crippen molar-refractivity contribution in [1.82, 2.24) is 15.3 Å². The van der Waals surface area contributed by atoms with Gasteiger partial charge in [0.1, 0.15) is 5.82 Å². The SMILES string of the molecule is Cc1ncc(CO)c(C2CCNCC2)n1.Cl. The summed E-state index contributed by atoms with van der Waals surface area (Å²) in [6.07, 6.45) is 3.95. The van der Waals surface area contributed by atoms with E-state index in [0.29, 0.717) is 5.92 Å². The number of rotatable bonds is 2. The lowest BCUT2D eigenvalue weighted by molar-refractivity contribution is 0.277. The van der Waals surface area contributed by atoms with E-state index in [-0.39, 0.29) is 19.0 Å². The van der Waals surface area contributed by atoms with Gasteiger partial charge < -0.3 is 10.4 Å². The number of nitrogens with zero attached hydrogens (tertiary/aromatic N) is 2. The first-order valence-corrected chi connectivity index (χ1v) is 5.45. The molecule has 90 valence electrons. The monoisotopic (exact) mass is 243 g/mol. The van der Waals surface area contributed by atoms with Crippen LogP contribution in [0.1, 0.15) is 35.8 Å². The molecule has 2 rings (SSSR count). The average Bonchev–Trinajstić information content (AvgIpc) is 2.30. The molecule has 0 unspecified atom stereocenters. The molecule has 0 amide bonds. The molecule has 0 saturated carbocycles. The second-order valence-corrected chi connectivity index (χ2v) is 4.01. The van der Waals surface area contributed by atoms with Crippen LogP contribution >= 0.6 is 12.4 Å². The van der Waals surface area contributed by atoms with Gasteiger partial charge in [0.15, 0.2) is 0 Å².